The minimum Gasteiger partial charge on any atom is -0.453 e. The summed E-state index contributed by atoms with van der Waals surface area (Å²) >= 11 is 0. The van der Waals surface area contributed by atoms with Crippen molar-refractivity contribution in [2.24, 2.45) is 4.99 Å². The Morgan fingerprint density at radius 2 is 2.08 bits per heavy atom. The smallest absolute Gasteiger partial charge is 0.411 e. The van der Waals surface area contributed by atoms with Crippen molar-refractivity contribution in [3.05, 3.63) is 29.8 Å². The summed E-state index contributed by atoms with van der Waals surface area (Å²) in [5.41, 5.74) is 1.66. The Hall–Kier alpha value is -2.28. The Labute approximate surface area is 142 Å². The van der Waals surface area contributed by atoms with Crippen molar-refractivity contribution < 1.29 is 14.3 Å². The number of nitrogens with zero attached hydrogens (tertiary/aromatic N) is 1. The van der Waals surface area contributed by atoms with E-state index in [1.165, 1.54) is 7.11 Å². The van der Waals surface area contributed by atoms with Gasteiger partial charge in [0.15, 0.2) is 5.96 Å². The van der Waals surface area contributed by atoms with Crippen molar-refractivity contribution in [1.82, 2.24) is 10.6 Å². The van der Waals surface area contributed by atoms with Crippen LogP contribution in [0.1, 0.15) is 25.3 Å². The number of rotatable bonds is 5. The average Bonchev–Trinajstić information content (AvgIpc) is 3.03. The van der Waals surface area contributed by atoms with E-state index in [2.05, 4.69) is 32.6 Å². The molecule has 1 aromatic rings. The number of hydrogen-bond acceptors (Lipinski definition) is 4. The number of amides is 1. The third-order valence-electron chi connectivity index (χ3n) is 4.00. The molecule has 1 heterocycles. The highest BCUT2D eigenvalue weighted by atomic mass is 16.5. The lowest BCUT2D eigenvalue weighted by molar-refractivity contribution is 0.0243. The van der Waals surface area contributed by atoms with Crippen LogP contribution in [0.4, 0.5) is 10.5 Å². The fourth-order valence-corrected chi connectivity index (χ4v) is 2.53. The third-order valence-corrected chi connectivity index (χ3v) is 4.00. The van der Waals surface area contributed by atoms with E-state index in [4.69, 9.17) is 4.74 Å². The molecule has 132 valence electrons. The Balaban J connectivity index is 1.79. The fraction of sp³-hybridized carbons (Fsp3) is 0.529. The molecule has 7 nitrogen and oxygen atoms in total. The predicted molar refractivity (Wildman–Crippen MR) is 94.3 cm³/mol. The zero-order chi connectivity index (χ0) is 17.4. The van der Waals surface area contributed by atoms with Gasteiger partial charge in [-0.2, -0.15) is 0 Å². The second kappa shape index (κ2) is 8.54. The summed E-state index contributed by atoms with van der Waals surface area (Å²) in [5.74, 6) is 0.739. The second-order valence-corrected chi connectivity index (χ2v) is 5.99. The Morgan fingerprint density at radius 1 is 1.33 bits per heavy atom. The first-order valence-electron chi connectivity index (χ1n) is 8.07. The zero-order valence-corrected chi connectivity index (χ0v) is 14.5. The van der Waals surface area contributed by atoms with E-state index in [0.29, 0.717) is 12.2 Å². The maximum Gasteiger partial charge on any atom is 0.411 e. The van der Waals surface area contributed by atoms with Gasteiger partial charge in [0.2, 0.25) is 0 Å². The highest BCUT2D eigenvalue weighted by Crippen LogP contribution is 2.23. The molecule has 1 aromatic carbocycles. The summed E-state index contributed by atoms with van der Waals surface area (Å²) in [6, 6.07) is 7.54. The molecule has 1 aliphatic heterocycles. The minimum absolute atomic E-state index is 0.112. The first-order valence-corrected chi connectivity index (χ1v) is 8.07. The van der Waals surface area contributed by atoms with Crippen LogP contribution in [0, 0.1) is 0 Å². The van der Waals surface area contributed by atoms with E-state index >= 15 is 0 Å². The number of ether oxygens (including phenoxy) is 2. The van der Waals surface area contributed by atoms with Crippen molar-refractivity contribution in [1.29, 1.82) is 0 Å². The van der Waals surface area contributed by atoms with E-state index in [1.54, 1.807) is 7.05 Å². The van der Waals surface area contributed by atoms with Gasteiger partial charge in [0, 0.05) is 32.4 Å². The van der Waals surface area contributed by atoms with Crippen molar-refractivity contribution in [2.45, 2.75) is 31.9 Å². The van der Waals surface area contributed by atoms with Crippen LogP contribution < -0.4 is 16.0 Å². The molecule has 0 saturated carbocycles. The first kappa shape index (κ1) is 18.1. The topological polar surface area (TPSA) is 84.0 Å². The van der Waals surface area contributed by atoms with Crippen molar-refractivity contribution in [2.75, 3.05) is 32.6 Å². The van der Waals surface area contributed by atoms with Gasteiger partial charge in [0.05, 0.1) is 12.7 Å². The predicted octanol–water partition coefficient (Wildman–Crippen LogP) is 2.10. The lowest BCUT2D eigenvalue weighted by Gasteiger charge is -2.24. The van der Waals surface area contributed by atoms with Crippen molar-refractivity contribution in [3.8, 4) is 0 Å². The molecular formula is C17H26N4O3. The van der Waals surface area contributed by atoms with Gasteiger partial charge < -0.3 is 20.1 Å². The number of carbonyl (C=O) groups excluding carboxylic acids is 1. The molecule has 24 heavy (non-hydrogen) atoms. The van der Waals surface area contributed by atoms with Gasteiger partial charge in [-0.25, -0.2) is 4.79 Å². The van der Waals surface area contributed by atoms with Crippen molar-refractivity contribution >= 4 is 17.7 Å². The van der Waals surface area contributed by atoms with Crippen LogP contribution in [0.5, 0.6) is 0 Å². The van der Waals surface area contributed by atoms with Gasteiger partial charge in [-0.3, -0.25) is 10.3 Å². The van der Waals surface area contributed by atoms with Gasteiger partial charge in [0.25, 0.3) is 0 Å². The van der Waals surface area contributed by atoms with E-state index in [-0.39, 0.29) is 5.60 Å². The fourth-order valence-electron chi connectivity index (χ4n) is 2.53. The molecule has 3 N–H and O–H groups in total. The molecule has 0 spiro atoms. The lowest BCUT2D eigenvalue weighted by Crippen LogP contribution is -2.45. The summed E-state index contributed by atoms with van der Waals surface area (Å²) in [6.07, 6.45) is 1.69. The molecule has 1 fully saturated rings. The Kier molecular flexibility index (Phi) is 6.43. The summed E-state index contributed by atoms with van der Waals surface area (Å²) in [7, 11) is 3.08. The standard InChI is InChI=1S/C17H26N4O3/c1-17(9-4-10-24-17)12-20-15(18-2)19-11-13-5-7-14(8-6-13)21-16(22)23-3/h5-8H,4,9-12H2,1-3H3,(H,21,22)(H2,18,19,20). The molecule has 0 bridgehead atoms. The number of methoxy groups -OCH3 is 1. The van der Waals surface area contributed by atoms with Crippen LogP contribution >= 0.6 is 0 Å². The first-order chi connectivity index (χ1) is 11.5. The maximum atomic E-state index is 11.1. The monoisotopic (exact) mass is 334 g/mol. The molecule has 2 rings (SSSR count). The van der Waals surface area contributed by atoms with Crippen LogP contribution in [0.3, 0.4) is 0 Å². The molecular weight excluding hydrogens is 308 g/mol. The summed E-state index contributed by atoms with van der Waals surface area (Å²) in [5, 5.41) is 9.20. The molecule has 1 unspecified atom stereocenters. The summed E-state index contributed by atoms with van der Waals surface area (Å²) in [4.78, 5) is 15.4. The maximum absolute atomic E-state index is 11.1. The number of carbonyl (C=O) groups is 1. The Bertz CT molecular complexity index is 566. The zero-order valence-electron chi connectivity index (χ0n) is 14.5. The lowest BCUT2D eigenvalue weighted by atomic mass is 10.0. The molecule has 7 heteroatoms. The quantitative estimate of drug-likeness (QED) is 0.567. The van der Waals surface area contributed by atoms with Gasteiger partial charge in [-0.1, -0.05) is 12.1 Å². The van der Waals surface area contributed by atoms with Gasteiger partial charge >= 0.3 is 6.09 Å². The number of hydrogen-bond donors (Lipinski definition) is 3. The number of nitrogens with one attached hydrogen (secondary N) is 3. The molecule has 1 amide bonds. The number of benzene rings is 1. The minimum atomic E-state index is -0.479. The van der Waals surface area contributed by atoms with Crippen LogP contribution in [0.25, 0.3) is 0 Å². The van der Waals surface area contributed by atoms with Gasteiger partial charge in [-0.15, -0.1) is 0 Å². The van der Waals surface area contributed by atoms with Crippen molar-refractivity contribution in [3.63, 3.8) is 0 Å². The van der Waals surface area contributed by atoms with Crippen LogP contribution in [0.2, 0.25) is 0 Å². The molecule has 1 aliphatic rings. The second-order valence-electron chi connectivity index (χ2n) is 5.99. The van der Waals surface area contributed by atoms with Crippen LogP contribution in [-0.4, -0.2) is 45.0 Å². The molecule has 0 aromatic heterocycles. The SMILES string of the molecule is CN=C(NCc1ccc(NC(=O)OC)cc1)NCC1(C)CCCO1. The normalized spacial score (nSPS) is 20.5. The van der Waals surface area contributed by atoms with E-state index in [0.717, 1.165) is 37.5 Å². The van der Waals surface area contributed by atoms with E-state index in [1.807, 2.05) is 24.3 Å². The number of anilines is 1. The highest BCUT2D eigenvalue weighted by Gasteiger charge is 2.29. The average molecular weight is 334 g/mol. The van der Waals surface area contributed by atoms with E-state index < -0.39 is 6.09 Å². The summed E-state index contributed by atoms with van der Waals surface area (Å²) in [6.45, 7) is 4.31. The molecule has 1 saturated heterocycles. The molecule has 1 atom stereocenters. The van der Waals surface area contributed by atoms with Crippen LogP contribution in [-0.2, 0) is 16.0 Å². The number of guanidine groups is 1. The van der Waals surface area contributed by atoms with E-state index in [9.17, 15) is 4.79 Å². The largest absolute Gasteiger partial charge is 0.453 e. The number of aliphatic imine (C=N–C) groups is 1. The molecule has 0 aliphatic carbocycles. The third kappa shape index (κ3) is 5.42. The highest BCUT2D eigenvalue weighted by molar-refractivity contribution is 5.84. The Morgan fingerprint density at radius 3 is 2.67 bits per heavy atom. The molecule has 0 radical (unpaired) electrons. The van der Waals surface area contributed by atoms with Gasteiger partial charge in [0.1, 0.15) is 0 Å². The summed E-state index contributed by atoms with van der Waals surface area (Å²) < 4.78 is 10.3. The van der Waals surface area contributed by atoms with Gasteiger partial charge in [-0.05, 0) is 37.5 Å². The van der Waals surface area contributed by atoms with Crippen LogP contribution in [0.15, 0.2) is 29.3 Å².